The van der Waals surface area contributed by atoms with E-state index < -0.39 is 5.97 Å². The molecule has 0 radical (unpaired) electrons. The van der Waals surface area contributed by atoms with Gasteiger partial charge in [0.25, 0.3) is 5.91 Å². The van der Waals surface area contributed by atoms with Gasteiger partial charge < -0.3 is 9.64 Å². The highest BCUT2D eigenvalue weighted by molar-refractivity contribution is 5.94. The molecule has 1 amide bonds. The van der Waals surface area contributed by atoms with Crippen molar-refractivity contribution in [1.82, 2.24) is 9.88 Å². The maximum absolute atomic E-state index is 11.8. The molecular weight excluding hydrogens is 208 g/mol. The number of rotatable bonds is 2. The Morgan fingerprint density at radius 1 is 1.31 bits per heavy atom. The van der Waals surface area contributed by atoms with E-state index in [2.05, 4.69) is 9.72 Å². The quantitative estimate of drug-likeness (QED) is 0.689. The van der Waals surface area contributed by atoms with Crippen molar-refractivity contribution >= 4 is 11.9 Å². The van der Waals surface area contributed by atoms with Gasteiger partial charge >= 0.3 is 5.97 Å². The zero-order chi connectivity index (χ0) is 11.5. The Kier molecular flexibility index (Phi) is 2.85. The summed E-state index contributed by atoms with van der Waals surface area (Å²) in [6.07, 6.45) is 1.03. The zero-order valence-electron chi connectivity index (χ0n) is 8.97. The van der Waals surface area contributed by atoms with Crippen LogP contribution in [-0.2, 0) is 4.74 Å². The number of ether oxygens (including phenoxy) is 1. The summed E-state index contributed by atoms with van der Waals surface area (Å²) in [5.74, 6) is -0.657. The van der Waals surface area contributed by atoms with Gasteiger partial charge in [0.05, 0.1) is 7.11 Å². The summed E-state index contributed by atoms with van der Waals surface area (Å²) in [6.45, 7) is 1.53. The van der Waals surface area contributed by atoms with Crippen LogP contribution < -0.4 is 0 Å². The number of methoxy groups -OCH3 is 1. The lowest BCUT2D eigenvalue weighted by Crippen LogP contribution is -2.42. The normalized spacial score (nSPS) is 14.2. The van der Waals surface area contributed by atoms with E-state index in [9.17, 15) is 9.59 Å². The lowest BCUT2D eigenvalue weighted by Gasteiger charge is -2.30. The number of aromatic nitrogens is 1. The molecule has 5 nitrogen and oxygen atoms in total. The largest absolute Gasteiger partial charge is 0.464 e. The number of pyridine rings is 1. The standard InChI is InChI=1S/C11H12N2O3/c1-16-11(15)9-5-2-4-8(12-9)10(14)13-6-3-7-13/h2,4-5H,3,6-7H2,1H3. The minimum absolute atomic E-state index is 0.128. The van der Waals surface area contributed by atoms with Crippen molar-refractivity contribution in [2.45, 2.75) is 6.42 Å². The van der Waals surface area contributed by atoms with E-state index in [1.54, 1.807) is 17.0 Å². The maximum Gasteiger partial charge on any atom is 0.356 e. The molecule has 5 heteroatoms. The van der Waals surface area contributed by atoms with E-state index in [0.717, 1.165) is 19.5 Å². The highest BCUT2D eigenvalue weighted by Gasteiger charge is 2.23. The Labute approximate surface area is 93.0 Å². The topological polar surface area (TPSA) is 59.5 Å². The van der Waals surface area contributed by atoms with Gasteiger partial charge in [0.1, 0.15) is 11.4 Å². The molecule has 1 aromatic heterocycles. The van der Waals surface area contributed by atoms with E-state index in [4.69, 9.17) is 0 Å². The predicted octanol–water partition coefficient (Wildman–Crippen LogP) is 0.714. The smallest absolute Gasteiger partial charge is 0.356 e. The van der Waals surface area contributed by atoms with Crippen LogP contribution in [0.2, 0.25) is 0 Å². The molecule has 1 aliphatic heterocycles. The lowest BCUT2D eigenvalue weighted by molar-refractivity contribution is 0.0592. The Hall–Kier alpha value is -1.91. The van der Waals surface area contributed by atoms with Crippen LogP contribution in [0.15, 0.2) is 18.2 Å². The van der Waals surface area contributed by atoms with Crippen molar-refractivity contribution in [1.29, 1.82) is 0 Å². The highest BCUT2D eigenvalue weighted by atomic mass is 16.5. The van der Waals surface area contributed by atoms with Gasteiger partial charge in [-0.05, 0) is 18.6 Å². The third-order valence-corrected chi connectivity index (χ3v) is 2.51. The molecular formula is C11H12N2O3. The number of carbonyl (C=O) groups excluding carboxylic acids is 2. The molecule has 0 saturated carbocycles. The van der Waals surface area contributed by atoms with Gasteiger partial charge in [-0.25, -0.2) is 9.78 Å². The molecule has 16 heavy (non-hydrogen) atoms. The van der Waals surface area contributed by atoms with E-state index in [-0.39, 0.29) is 11.6 Å². The van der Waals surface area contributed by atoms with Crippen LogP contribution in [0.5, 0.6) is 0 Å². The summed E-state index contributed by atoms with van der Waals surface area (Å²) in [7, 11) is 1.29. The summed E-state index contributed by atoms with van der Waals surface area (Å²) in [6, 6.07) is 4.76. The first-order valence-corrected chi connectivity index (χ1v) is 5.07. The molecule has 0 spiro atoms. The summed E-state index contributed by atoms with van der Waals surface area (Å²) >= 11 is 0. The summed E-state index contributed by atoms with van der Waals surface area (Å²) in [4.78, 5) is 28.7. The molecule has 0 atom stereocenters. The molecule has 0 unspecified atom stereocenters. The Balaban J connectivity index is 2.21. The van der Waals surface area contributed by atoms with Gasteiger partial charge in [0.2, 0.25) is 0 Å². The van der Waals surface area contributed by atoms with Crippen molar-refractivity contribution in [2.24, 2.45) is 0 Å². The molecule has 1 aliphatic rings. The van der Waals surface area contributed by atoms with Gasteiger partial charge in [-0.2, -0.15) is 0 Å². The maximum atomic E-state index is 11.8. The molecule has 0 bridgehead atoms. The predicted molar refractivity (Wildman–Crippen MR) is 56.1 cm³/mol. The number of amides is 1. The lowest BCUT2D eigenvalue weighted by atomic mass is 10.2. The number of hydrogen-bond donors (Lipinski definition) is 0. The van der Waals surface area contributed by atoms with Gasteiger partial charge in [-0.15, -0.1) is 0 Å². The van der Waals surface area contributed by atoms with Gasteiger partial charge in [0.15, 0.2) is 0 Å². The first kappa shape index (κ1) is 10.6. The van der Waals surface area contributed by atoms with Crippen molar-refractivity contribution in [3.05, 3.63) is 29.6 Å². The SMILES string of the molecule is COC(=O)c1cccc(C(=O)N2CCC2)n1. The molecule has 1 aromatic rings. The van der Waals surface area contributed by atoms with E-state index in [1.807, 2.05) is 0 Å². The monoisotopic (exact) mass is 220 g/mol. The van der Waals surface area contributed by atoms with Gasteiger partial charge in [-0.3, -0.25) is 4.79 Å². The Bertz CT molecular complexity index is 427. The number of likely N-dealkylation sites (tertiary alicyclic amines) is 1. The fraction of sp³-hybridized carbons (Fsp3) is 0.364. The third kappa shape index (κ3) is 1.88. The van der Waals surface area contributed by atoms with Crippen LogP contribution >= 0.6 is 0 Å². The molecule has 1 saturated heterocycles. The van der Waals surface area contributed by atoms with E-state index in [0.29, 0.717) is 5.69 Å². The van der Waals surface area contributed by atoms with Crippen LogP contribution in [0, 0.1) is 0 Å². The summed E-state index contributed by atoms with van der Waals surface area (Å²) in [5.41, 5.74) is 0.455. The molecule has 2 heterocycles. The average Bonchev–Trinajstić information content (AvgIpc) is 2.26. The molecule has 1 fully saturated rings. The van der Waals surface area contributed by atoms with Gasteiger partial charge in [-0.1, -0.05) is 6.07 Å². The number of esters is 1. The minimum atomic E-state index is -0.529. The number of hydrogen-bond acceptors (Lipinski definition) is 4. The second kappa shape index (κ2) is 4.30. The van der Waals surface area contributed by atoms with E-state index in [1.165, 1.54) is 13.2 Å². The molecule has 84 valence electrons. The van der Waals surface area contributed by atoms with E-state index >= 15 is 0 Å². The Morgan fingerprint density at radius 3 is 2.56 bits per heavy atom. The first-order valence-electron chi connectivity index (χ1n) is 5.07. The fourth-order valence-corrected chi connectivity index (χ4v) is 1.45. The van der Waals surface area contributed by atoms with Crippen LogP contribution in [0.25, 0.3) is 0 Å². The molecule has 0 aromatic carbocycles. The average molecular weight is 220 g/mol. The molecule has 0 N–H and O–H groups in total. The van der Waals surface area contributed by atoms with Crippen LogP contribution in [-0.4, -0.2) is 42.0 Å². The summed E-state index contributed by atoms with van der Waals surface area (Å²) in [5, 5.41) is 0. The van der Waals surface area contributed by atoms with Crippen molar-refractivity contribution in [3.63, 3.8) is 0 Å². The van der Waals surface area contributed by atoms with Crippen molar-refractivity contribution < 1.29 is 14.3 Å². The van der Waals surface area contributed by atoms with Crippen molar-refractivity contribution in [3.8, 4) is 0 Å². The summed E-state index contributed by atoms with van der Waals surface area (Å²) < 4.78 is 4.55. The number of carbonyl (C=O) groups is 2. The second-order valence-corrected chi connectivity index (χ2v) is 3.55. The van der Waals surface area contributed by atoms with Crippen LogP contribution in [0.3, 0.4) is 0 Å². The van der Waals surface area contributed by atoms with Crippen LogP contribution in [0.1, 0.15) is 27.4 Å². The number of nitrogens with zero attached hydrogens (tertiary/aromatic N) is 2. The molecule has 0 aliphatic carbocycles. The minimum Gasteiger partial charge on any atom is -0.464 e. The first-order chi connectivity index (χ1) is 7.72. The van der Waals surface area contributed by atoms with Gasteiger partial charge in [0, 0.05) is 13.1 Å². The molecule has 2 rings (SSSR count). The second-order valence-electron chi connectivity index (χ2n) is 3.55. The highest BCUT2D eigenvalue weighted by Crippen LogP contribution is 2.11. The fourth-order valence-electron chi connectivity index (χ4n) is 1.45. The van der Waals surface area contributed by atoms with Crippen molar-refractivity contribution in [2.75, 3.05) is 20.2 Å². The zero-order valence-corrected chi connectivity index (χ0v) is 8.97. The Morgan fingerprint density at radius 2 is 2.00 bits per heavy atom. The third-order valence-electron chi connectivity index (χ3n) is 2.51. The van der Waals surface area contributed by atoms with Crippen LogP contribution in [0.4, 0.5) is 0 Å².